The Balaban J connectivity index is 3.54. The highest BCUT2D eigenvalue weighted by Gasteiger charge is 2.15. The molecule has 17 heavy (non-hydrogen) atoms. The van der Waals surface area contributed by atoms with Gasteiger partial charge in [0.15, 0.2) is 0 Å². The molecule has 1 amide bonds. The third kappa shape index (κ3) is 8.12. The van der Waals surface area contributed by atoms with E-state index in [-0.39, 0.29) is 17.9 Å². The predicted molar refractivity (Wildman–Crippen MR) is 69.8 cm³/mol. The molecule has 5 heteroatoms. The molecule has 0 rings (SSSR count). The molecule has 3 N–H and O–H groups in total. The number of nitrogens with one attached hydrogen (secondary N) is 1. The van der Waals surface area contributed by atoms with Crippen LogP contribution in [0.3, 0.4) is 0 Å². The lowest BCUT2D eigenvalue weighted by Gasteiger charge is -2.18. The Labute approximate surface area is 105 Å². The topological polar surface area (TPSA) is 67.6 Å². The number of hydrogen-bond acceptors (Lipinski definition) is 4. The fourth-order valence-electron chi connectivity index (χ4n) is 1.32. The van der Waals surface area contributed by atoms with Crippen LogP contribution in [-0.2, 0) is 9.53 Å². The zero-order valence-corrected chi connectivity index (χ0v) is 11.5. The van der Waals surface area contributed by atoms with Gasteiger partial charge in [-0.3, -0.25) is 4.79 Å². The van der Waals surface area contributed by atoms with Gasteiger partial charge in [0.1, 0.15) is 0 Å². The van der Waals surface area contributed by atoms with Crippen LogP contribution in [-0.4, -0.2) is 57.2 Å². The van der Waals surface area contributed by atoms with Crippen molar-refractivity contribution in [2.24, 2.45) is 11.7 Å². The fourth-order valence-corrected chi connectivity index (χ4v) is 1.32. The molecule has 0 heterocycles. The third-order valence-electron chi connectivity index (χ3n) is 2.90. The van der Waals surface area contributed by atoms with Crippen LogP contribution in [0.4, 0.5) is 0 Å². The summed E-state index contributed by atoms with van der Waals surface area (Å²) in [6, 6.07) is -0.0978. The Morgan fingerprint density at radius 3 is 2.59 bits per heavy atom. The van der Waals surface area contributed by atoms with Gasteiger partial charge in [-0.1, -0.05) is 6.92 Å². The molecule has 0 aromatic rings. The smallest absolute Gasteiger partial charge is 0.224 e. The van der Waals surface area contributed by atoms with Crippen molar-refractivity contribution in [3.8, 4) is 0 Å². The number of likely N-dealkylation sites (N-methyl/N-ethyl adjacent to an activating group) is 1. The Morgan fingerprint density at radius 2 is 2.06 bits per heavy atom. The monoisotopic (exact) mass is 245 g/mol. The minimum Gasteiger partial charge on any atom is -0.383 e. The van der Waals surface area contributed by atoms with Crippen LogP contribution in [0.1, 0.15) is 20.3 Å². The first-order chi connectivity index (χ1) is 7.99. The van der Waals surface area contributed by atoms with Gasteiger partial charge in [0, 0.05) is 32.2 Å². The molecule has 0 spiro atoms. The summed E-state index contributed by atoms with van der Waals surface area (Å²) >= 11 is 0. The Morgan fingerprint density at radius 1 is 1.41 bits per heavy atom. The Hall–Kier alpha value is -0.650. The van der Waals surface area contributed by atoms with E-state index in [1.54, 1.807) is 7.11 Å². The van der Waals surface area contributed by atoms with Crippen LogP contribution in [0.25, 0.3) is 0 Å². The van der Waals surface area contributed by atoms with Crippen LogP contribution in [0.15, 0.2) is 0 Å². The van der Waals surface area contributed by atoms with Crippen molar-refractivity contribution in [3.63, 3.8) is 0 Å². The second kappa shape index (κ2) is 9.39. The molecule has 2 unspecified atom stereocenters. The van der Waals surface area contributed by atoms with Crippen LogP contribution in [0, 0.1) is 5.92 Å². The third-order valence-corrected chi connectivity index (χ3v) is 2.90. The number of amides is 1. The van der Waals surface area contributed by atoms with E-state index >= 15 is 0 Å². The molecule has 5 nitrogen and oxygen atoms in total. The standard InChI is InChI=1S/C12H27N3O2/c1-10(11(2)13)12(16)14-6-5-7-15(3)8-9-17-4/h10-11H,5-9,13H2,1-4H3,(H,14,16). The van der Waals surface area contributed by atoms with Crippen LogP contribution in [0.5, 0.6) is 0 Å². The van der Waals surface area contributed by atoms with Crippen molar-refractivity contribution >= 4 is 5.91 Å². The van der Waals surface area contributed by atoms with Crippen molar-refractivity contribution in [2.75, 3.05) is 40.4 Å². The van der Waals surface area contributed by atoms with Crippen LogP contribution < -0.4 is 11.1 Å². The lowest BCUT2D eigenvalue weighted by atomic mass is 10.0. The SMILES string of the molecule is COCCN(C)CCCNC(=O)C(C)C(C)N. The minimum absolute atomic E-state index is 0.0412. The number of carbonyl (C=O) groups is 1. The number of carbonyl (C=O) groups excluding carboxylic acids is 1. The summed E-state index contributed by atoms with van der Waals surface area (Å²) in [4.78, 5) is 13.8. The first-order valence-corrected chi connectivity index (χ1v) is 6.19. The van der Waals surface area contributed by atoms with E-state index in [2.05, 4.69) is 10.2 Å². The maximum absolute atomic E-state index is 11.6. The van der Waals surface area contributed by atoms with Gasteiger partial charge in [-0.15, -0.1) is 0 Å². The number of rotatable bonds is 9. The van der Waals surface area contributed by atoms with E-state index in [1.165, 1.54) is 0 Å². The van der Waals surface area contributed by atoms with Gasteiger partial charge in [-0.25, -0.2) is 0 Å². The second-order valence-electron chi connectivity index (χ2n) is 4.59. The van der Waals surface area contributed by atoms with E-state index in [9.17, 15) is 4.79 Å². The summed E-state index contributed by atoms with van der Waals surface area (Å²) in [6.45, 7) is 7.02. The molecule has 0 aliphatic rings. The molecular formula is C12H27N3O2. The van der Waals surface area contributed by atoms with Crippen LogP contribution in [0.2, 0.25) is 0 Å². The molecule has 0 saturated carbocycles. The van der Waals surface area contributed by atoms with E-state index in [1.807, 2.05) is 20.9 Å². The number of nitrogens with zero attached hydrogens (tertiary/aromatic N) is 1. The number of hydrogen-bond donors (Lipinski definition) is 2. The van der Waals surface area contributed by atoms with Gasteiger partial charge in [-0.05, 0) is 26.9 Å². The molecule has 0 fully saturated rings. The lowest BCUT2D eigenvalue weighted by Crippen LogP contribution is -2.39. The highest BCUT2D eigenvalue weighted by atomic mass is 16.5. The summed E-state index contributed by atoms with van der Waals surface area (Å²) in [7, 11) is 3.74. The summed E-state index contributed by atoms with van der Waals surface area (Å²) < 4.78 is 4.99. The molecule has 102 valence electrons. The average molecular weight is 245 g/mol. The van der Waals surface area contributed by atoms with Gasteiger partial charge in [-0.2, -0.15) is 0 Å². The minimum atomic E-state index is -0.124. The number of methoxy groups -OCH3 is 1. The Bertz CT molecular complexity index is 210. The van der Waals surface area contributed by atoms with Crippen molar-refractivity contribution in [2.45, 2.75) is 26.3 Å². The van der Waals surface area contributed by atoms with E-state index in [0.29, 0.717) is 6.54 Å². The van der Waals surface area contributed by atoms with Crippen molar-refractivity contribution in [1.82, 2.24) is 10.2 Å². The molecule has 0 radical (unpaired) electrons. The highest BCUT2D eigenvalue weighted by molar-refractivity contribution is 5.78. The van der Waals surface area contributed by atoms with E-state index < -0.39 is 0 Å². The fraction of sp³-hybridized carbons (Fsp3) is 0.917. The second-order valence-corrected chi connectivity index (χ2v) is 4.59. The molecule has 2 atom stereocenters. The molecule has 0 saturated heterocycles. The largest absolute Gasteiger partial charge is 0.383 e. The maximum Gasteiger partial charge on any atom is 0.224 e. The quantitative estimate of drug-likeness (QED) is 0.563. The highest BCUT2D eigenvalue weighted by Crippen LogP contribution is 1.99. The average Bonchev–Trinajstić information content (AvgIpc) is 2.30. The van der Waals surface area contributed by atoms with Gasteiger partial charge in [0.2, 0.25) is 5.91 Å². The Kier molecular flexibility index (Phi) is 9.03. The first-order valence-electron chi connectivity index (χ1n) is 6.19. The first kappa shape index (κ1) is 16.4. The zero-order chi connectivity index (χ0) is 13.3. The number of nitrogens with two attached hydrogens (primary N) is 1. The number of ether oxygens (including phenoxy) is 1. The van der Waals surface area contributed by atoms with E-state index in [4.69, 9.17) is 10.5 Å². The molecule has 0 aromatic heterocycles. The predicted octanol–water partition coefficient (Wildman–Crippen LogP) is 0.0542. The van der Waals surface area contributed by atoms with Gasteiger partial charge < -0.3 is 20.7 Å². The summed E-state index contributed by atoms with van der Waals surface area (Å²) in [5, 5.41) is 2.90. The molecule has 0 aliphatic carbocycles. The summed E-state index contributed by atoms with van der Waals surface area (Å²) in [5.74, 6) is -0.0826. The van der Waals surface area contributed by atoms with Gasteiger partial charge in [0.05, 0.1) is 6.61 Å². The molecular weight excluding hydrogens is 218 g/mol. The van der Waals surface area contributed by atoms with Gasteiger partial charge >= 0.3 is 0 Å². The lowest BCUT2D eigenvalue weighted by molar-refractivity contribution is -0.124. The maximum atomic E-state index is 11.6. The molecule has 0 bridgehead atoms. The summed E-state index contributed by atoms with van der Waals surface area (Å²) in [6.07, 6.45) is 0.942. The van der Waals surface area contributed by atoms with Crippen molar-refractivity contribution in [1.29, 1.82) is 0 Å². The molecule has 0 aromatic carbocycles. The van der Waals surface area contributed by atoms with Crippen molar-refractivity contribution in [3.05, 3.63) is 0 Å². The van der Waals surface area contributed by atoms with Crippen LogP contribution >= 0.6 is 0 Å². The van der Waals surface area contributed by atoms with Crippen molar-refractivity contribution < 1.29 is 9.53 Å². The van der Waals surface area contributed by atoms with E-state index in [0.717, 1.165) is 26.1 Å². The summed E-state index contributed by atoms with van der Waals surface area (Å²) in [5.41, 5.74) is 5.66. The normalized spacial score (nSPS) is 14.7. The van der Waals surface area contributed by atoms with Gasteiger partial charge in [0.25, 0.3) is 0 Å². The molecule has 0 aliphatic heterocycles. The zero-order valence-electron chi connectivity index (χ0n) is 11.5.